The average molecular weight is 177 g/mol. The van der Waals surface area contributed by atoms with Crippen LogP contribution in [0, 0.1) is 6.42 Å². The second-order valence-electron chi connectivity index (χ2n) is 2.63. The topological polar surface area (TPSA) is 35.1 Å². The first-order valence-electron chi connectivity index (χ1n) is 4.04. The van der Waals surface area contributed by atoms with Crippen molar-refractivity contribution in [2.24, 2.45) is 0 Å². The van der Waals surface area contributed by atoms with Crippen molar-refractivity contribution < 1.29 is 42.8 Å². The number of hydrogen-bond donors (Lipinski definition) is 1. The Hall–Kier alpha value is 0.205. The van der Waals surface area contributed by atoms with Gasteiger partial charge in [-0.2, -0.15) is 24.1 Å². The molecule has 0 fully saturated rings. The average Bonchev–Trinajstić information content (AvgIpc) is 2.16. The van der Waals surface area contributed by atoms with Crippen molar-refractivity contribution in [2.45, 2.75) is 12.6 Å². The van der Waals surface area contributed by atoms with Gasteiger partial charge in [0.1, 0.15) is 0 Å². The van der Waals surface area contributed by atoms with E-state index in [1.807, 2.05) is 36.8 Å². The SMILES string of the molecule is CNC([O-])C[CH-]c1ccccc1.[Li+].[Li+]. The van der Waals surface area contributed by atoms with E-state index in [9.17, 15) is 5.11 Å². The summed E-state index contributed by atoms with van der Waals surface area (Å²) in [5.41, 5.74) is 1.11. The quantitative estimate of drug-likeness (QED) is 0.283. The standard InChI is InChI=1S/C10H13NO.2Li/c1-11-10(12)8-7-9-5-3-2-4-6-9;;/h2-7,10-11H,8H2,1H3;;/q-2;2*+1. The summed E-state index contributed by atoms with van der Waals surface area (Å²) < 4.78 is 0. The van der Waals surface area contributed by atoms with Gasteiger partial charge >= 0.3 is 37.7 Å². The molecule has 0 aliphatic carbocycles. The maximum Gasteiger partial charge on any atom is 1.00 e. The Morgan fingerprint density at radius 3 is 2.36 bits per heavy atom. The van der Waals surface area contributed by atoms with Gasteiger partial charge in [-0.1, -0.05) is 18.7 Å². The fraction of sp³-hybridized carbons (Fsp3) is 0.300. The molecule has 4 heteroatoms. The Morgan fingerprint density at radius 1 is 1.29 bits per heavy atom. The monoisotopic (exact) mass is 177 g/mol. The fourth-order valence-electron chi connectivity index (χ4n) is 0.950. The summed E-state index contributed by atoms with van der Waals surface area (Å²) in [7, 11) is 1.68. The maximum atomic E-state index is 10.9. The van der Waals surface area contributed by atoms with E-state index in [4.69, 9.17) is 0 Å². The minimum atomic E-state index is -0.690. The van der Waals surface area contributed by atoms with Crippen LogP contribution >= 0.6 is 0 Å². The summed E-state index contributed by atoms with van der Waals surface area (Å²) in [5.74, 6) is 0. The van der Waals surface area contributed by atoms with Gasteiger partial charge in [0.25, 0.3) is 0 Å². The van der Waals surface area contributed by atoms with Gasteiger partial charge in [-0.05, 0) is 7.05 Å². The number of hydrogen-bond acceptors (Lipinski definition) is 2. The van der Waals surface area contributed by atoms with Crippen LogP contribution in [0.15, 0.2) is 30.3 Å². The van der Waals surface area contributed by atoms with Crippen molar-refractivity contribution >= 4 is 0 Å². The zero-order valence-corrected chi connectivity index (χ0v) is 9.16. The van der Waals surface area contributed by atoms with Crippen molar-refractivity contribution in [2.75, 3.05) is 7.05 Å². The summed E-state index contributed by atoms with van der Waals surface area (Å²) >= 11 is 0. The summed E-state index contributed by atoms with van der Waals surface area (Å²) in [6.45, 7) is 0. The molecule has 2 nitrogen and oxygen atoms in total. The molecule has 0 amide bonds. The van der Waals surface area contributed by atoms with E-state index < -0.39 is 6.23 Å². The largest absolute Gasteiger partial charge is 1.00 e. The fourth-order valence-corrected chi connectivity index (χ4v) is 0.950. The molecule has 0 saturated heterocycles. The number of nitrogens with one attached hydrogen (secondary N) is 1. The summed E-state index contributed by atoms with van der Waals surface area (Å²) in [6, 6.07) is 9.87. The van der Waals surface area contributed by atoms with Crippen LogP contribution in [0.3, 0.4) is 0 Å². The van der Waals surface area contributed by atoms with Crippen LogP contribution < -0.4 is 48.1 Å². The van der Waals surface area contributed by atoms with Crippen molar-refractivity contribution in [3.8, 4) is 0 Å². The van der Waals surface area contributed by atoms with Gasteiger partial charge in [0, 0.05) is 0 Å². The van der Waals surface area contributed by atoms with Gasteiger partial charge in [-0.15, -0.1) is 12.1 Å². The molecule has 0 aromatic heterocycles. The Morgan fingerprint density at radius 2 is 1.86 bits per heavy atom. The molecule has 1 unspecified atom stereocenters. The first kappa shape index (κ1) is 16.6. The minimum Gasteiger partial charge on any atom is -0.841 e. The predicted octanol–water partition coefficient (Wildman–Crippen LogP) is -5.46. The molecular weight excluding hydrogens is 164 g/mol. The van der Waals surface area contributed by atoms with Gasteiger partial charge in [0.2, 0.25) is 0 Å². The normalized spacial score (nSPS) is 10.7. The zero-order valence-electron chi connectivity index (χ0n) is 9.16. The summed E-state index contributed by atoms with van der Waals surface area (Å²) in [5, 5.41) is 13.6. The molecule has 1 aromatic carbocycles. The smallest absolute Gasteiger partial charge is 0.841 e. The van der Waals surface area contributed by atoms with Crippen LogP contribution in [0.25, 0.3) is 0 Å². The molecule has 0 aliphatic rings. The molecule has 0 aliphatic heterocycles. The Balaban J connectivity index is 0. The molecule has 66 valence electrons. The molecule has 1 aromatic rings. The van der Waals surface area contributed by atoms with E-state index in [1.54, 1.807) is 7.05 Å². The molecule has 14 heavy (non-hydrogen) atoms. The molecule has 1 atom stereocenters. The number of benzene rings is 1. The third-order valence-corrected chi connectivity index (χ3v) is 1.69. The van der Waals surface area contributed by atoms with Crippen molar-refractivity contribution in [3.63, 3.8) is 0 Å². The van der Waals surface area contributed by atoms with Crippen LogP contribution in [0.4, 0.5) is 0 Å². The van der Waals surface area contributed by atoms with E-state index >= 15 is 0 Å². The molecule has 0 radical (unpaired) electrons. The maximum absolute atomic E-state index is 10.9. The van der Waals surface area contributed by atoms with Crippen LogP contribution in [0.5, 0.6) is 0 Å². The van der Waals surface area contributed by atoms with Crippen LogP contribution in [-0.4, -0.2) is 13.3 Å². The third kappa shape index (κ3) is 6.63. The predicted molar refractivity (Wildman–Crippen MR) is 47.3 cm³/mol. The molecule has 0 saturated carbocycles. The van der Waals surface area contributed by atoms with Gasteiger partial charge < -0.3 is 10.4 Å². The van der Waals surface area contributed by atoms with Gasteiger partial charge in [0.15, 0.2) is 0 Å². The second-order valence-corrected chi connectivity index (χ2v) is 2.63. The summed E-state index contributed by atoms with van der Waals surface area (Å²) in [6.07, 6.45) is 1.78. The van der Waals surface area contributed by atoms with E-state index in [2.05, 4.69) is 5.32 Å². The van der Waals surface area contributed by atoms with Crippen molar-refractivity contribution in [3.05, 3.63) is 42.3 Å². The van der Waals surface area contributed by atoms with E-state index in [0.29, 0.717) is 6.42 Å². The Bertz CT molecular complexity index is 219. The first-order chi connectivity index (χ1) is 5.83. The molecular formula is C10H13Li2NO. The summed E-state index contributed by atoms with van der Waals surface area (Å²) in [4.78, 5) is 0. The molecule has 1 rings (SSSR count). The van der Waals surface area contributed by atoms with Crippen LogP contribution in [0.2, 0.25) is 0 Å². The molecule has 0 spiro atoms. The van der Waals surface area contributed by atoms with E-state index in [-0.39, 0.29) is 37.7 Å². The van der Waals surface area contributed by atoms with E-state index in [1.165, 1.54) is 0 Å². The second kappa shape index (κ2) is 9.75. The third-order valence-electron chi connectivity index (χ3n) is 1.69. The first-order valence-corrected chi connectivity index (χ1v) is 4.04. The van der Waals surface area contributed by atoms with Crippen LogP contribution in [0.1, 0.15) is 12.0 Å². The Labute approximate surface area is 110 Å². The van der Waals surface area contributed by atoms with Crippen molar-refractivity contribution in [1.82, 2.24) is 5.32 Å². The number of rotatable bonds is 4. The molecule has 0 heterocycles. The van der Waals surface area contributed by atoms with E-state index in [0.717, 1.165) is 5.56 Å². The minimum absolute atomic E-state index is 0. The van der Waals surface area contributed by atoms with Crippen LogP contribution in [-0.2, 0) is 0 Å². The van der Waals surface area contributed by atoms with Crippen molar-refractivity contribution in [1.29, 1.82) is 0 Å². The van der Waals surface area contributed by atoms with Gasteiger partial charge in [-0.25, -0.2) is 0 Å². The molecule has 0 bridgehead atoms. The van der Waals surface area contributed by atoms with Gasteiger partial charge in [-0.3, -0.25) is 0 Å². The zero-order chi connectivity index (χ0) is 8.81. The molecule has 1 N–H and O–H groups in total. The van der Waals surface area contributed by atoms with Gasteiger partial charge in [0.05, 0.1) is 0 Å². The Kier molecular flexibility index (Phi) is 11.6.